The Balaban J connectivity index is 0.00000162. The van der Waals surface area contributed by atoms with Gasteiger partial charge in [-0.15, -0.1) is 5.56 Å². The summed E-state index contributed by atoms with van der Waals surface area (Å²) in [6.45, 7) is 2.33. The normalized spacial score (nSPS) is 14.2. The van der Waals surface area contributed by atoms with Crippen LogP contribution in [0.3, 0.4) is 0 Å². The number of hydrogen-bond donors (Lipinski definition) is 1. The first-order chi connectivity index (χ1) is 8.18. The van der Waals surface area contributed by atoms with Crippen LogP contribution in [0.2, 0.25) is 0 Å². The van der Waals surface area contributed by atoms with Gasteiger partial charge < -0.3 is 34.7 Å². The molecule has 0 saturated carbocycles. The van der Waals surface area contributed by atoms with Crippen molar-refractivity contribution in [1.82, 2.24) is 0 Å². The predicted molar refractivity (Wildman–Crippen MR) is 72.7 cm³/mol. The Kier molecular flexibility index (Phi) is 5.87. The molecular formula is C16H22FeN-5. The number of quaternary nitrogens is 1. The minimum atomic E-state index is 0. The first-order valence-corrected chi connectivity index (χ1v) is 6.41. The van der Waals surface area contributed by atoms with Gasteiger partial charge in [-0.05, 0) is 6.42 Å². The third kappa shape index (κ3) is 3.58. The molecule has 0 amide bonds. The molecule has 2 aromatic carbocycles. The quantitative estimate of drug-likeness (QED) is 0.635. The van der Waals surface area contributed by atoms with Crippen molar-refractivity contribution in [2.75, 3.05) is 14.1 Å². The van der Waals surface area contributed by atoms with Crippen LogP contribution in [0.15, 0.2) is 48.5 Å². The van der Waals surface area contributed by atoms with Crippen LogP contribution in [0.25, 0.3) is 0 Å². The van der Waals surface area contributed by atoms with Crippen molar-refractivity contribution in [3.8, 4) is 0 Å². The van der Waals surface area contributed by atoms with Crippen molar-refractivity contribution >= 4 is 0 Å². The second-order valence-electron chi connectivity index (χ2n) is 5.20. The summed E-state index contributed by atoms with van der Waals surface area (Å²) in [7, 11) is 4.49. The molecule has 2 unspecified atom stereocenters. The summed E-state index contributed by atoms with van der Waals surface area (Å²) in [5, 5.41) is 0. The van der Waals surface area contributed by atoms with Crippen LogP contribution in [0.1, 0.15) is 36.4 Å². The van der Waals surface area contributed by atoms with Gasteiger partial charge in [-0.25, -0.2) is 18.1 Å². The molecule has 0 spiro atoms. The van der Waals surface area contributed by atoms with E-state index in [9.17, 15) is 0 Å². The third-order valence-electron chi connectivity index (χ3n) is 3.63. The first-order valence-electron chi connectivity index (χ1n) is 6.41. The molecule has 0 aliphatic rings. The standard InChI is InChI=1S/C16H21N.Fe/c1-13(14-8-4-5-9-14)12-16(17(2)3)15-10-6-7-11-15;/h4-11,13,16H,12H2,1-3H3;/q-6;/p+1. The summed E-state index contributed by atoms with van der Waals surface area (Å²) in [5.41, 5.74) is 2.92. The zero-order valence-corrected chi connectivity index (χ0v) is 12.4. The summed E-state index contributed by atoms with van der Waals surface area (Å²) in [6.07, 6.45) is 1.20. The summed E-state index contributed by atoms with van der Waals surface area (Å²) in [4.78, 5) is 1.51. The molecule has 0 fully saturated rings. The minimum absolute atomic E-state index is 0. The van der Waals surface area contributed by atoms with Gasteiger partial charge in [-0.2, -0.15) is 12.1 Å². The van der Waals surface area contributed by atoms with E-state index in [4.69, 9.17) is 0 Å². The third-order valence-corrected chi connectivity index (χ3v) is 3.63. The van der Waals surface area contributed by atoms with Crippen LogP contribution in [0.5, 0.6) is 0 Å². The molecule has 1 nitrogen and oxygen atoms in total. The van der Waals surface area contributed by atoms with Gasteiger partial charge in [-0.3, -0.25) is 0 Å². The summed E-state index contributed by atoms with van der Waals surface area (Å²) >= 11 is 0. The van der Waals surface area contributed by atoms with Gasteiger partial charge in [0, 0.05) is 17.1 Å². The second kappa shape index (κ2) is 6.94. The molecule has 2 atom stereocenters. The summed E-state index contributed by atoms with van der Waals surface area (Å²) in [6, 6.07) is 18.1. The molecule has 0 heterocycles. The topological polar surface area (TPSA) is 4.44 Å². The van der Waals surface area contributed by atoms with Crippen molar-refractivity contribution in [2.45, 2.75) is 25.3 Å². The average molecular weight is 284 g/mol. The fourth-order valence-corrected chi connectivity index (χ4v) is 2.53. The molecule has 0 aliphatic heterocycles. The molecule has 0 aromatic heterocycles. The van der Waals surface area contributed by atoms with E-state index in [0.29, 0.717) is 12.0 Å². The van der Waals surface area contributed by atoms with Crippen molar-refractivity contribution in [1.29, 1.82) is 0 Å². The van der Waals surface area contributed by atoms with E-state index in [0.717, 1.165) is 0 Å². The van der Waals surface area contributed by atoms with Crippen molar-refractivity contribution in [3.05, 3.63) is 59.7 Å². The van der Waals surface area contributed by atoms with Crippen LogP contribution in [0.4, 0.5) is 0 Å². The monoisotopic (exact) mass is 284 g/mol. The zero-order valence-electron chi connectivity index (χ0n) is 11.3. The fraction of sp³-hybridized carbons (Fsp3) is 0.375. The predicted octanol–water partition coefficient (Wildman–Crippen LogP) is 2.50. The van der Waals surface area contributed by atoms with E-state index in [1.165, 1.54) is 22.4 Å². The largest absolute Gasteiger partial charge is 0.748 e. The van der Waals surface area contributed by atoms with E-state index >= 15 is 0 Å². The fourth-order valence-electron chi connectivity index (χ4n) is 2.53. The maximum Gasteiger partial charge on any atom is 0.0673 e. The summed E-state index contributed by atoms with van der Waals surface area (Å²) in [5.74, 6) is 0.625. The van der Waals surface area contributed by atoms with Crippen molar-refractivity contribution in [3.63, 3.8) is 0 Å². The second-order valence-corrected chi connectivity index (χ2v) is 5.20. The number of nitrogens with one attached hydrogen (secondary N) is 1. The molecular weight excluding hydrogens is 262 g/mol. The Labute approximate surface area is 121 Å². The molecule has 0 radical (unpaired) electrons. The number of hydrogen-bond acceptors (Lipinski definition) is 0. The Hall–Kier alpha value is -0.821. The van der Waals surface area contributed by atoms with Crippen LogP contribution in [-0.4, -0.2) is 14.1 Å². The smallest absolute Gasteiger partial charge is 0.0673 e. The van der Waals surface area contributed by atoms with Gasteiger partial charge in [0.25, 0.3) is 0 Å². The first kappa shape index (κ1) is 15.2. The van der Waals surface area contributed by atoms with E-state index in [-0.39, 0.29) is 17.1 Å². The Morgan fingerprint density at radius 3 is 2.17 bits per heavy atom. The van der Waals surface area contributed by atoms with E-state index < -0.39 is 0 Å². The van der Waals surface area contributed by atoms with Gasteiger partial charge in [0.15, 0.2) is 0 Å². The van der Waals surface area contributed by atoms with Gasteiger partial charge in [0.1, 0.15) is 0 Å². The molecule has 2 rings (SSSR count). The molecule has 2 heteroatoms. The molecule has 1 N–H and O–H groups in total. The minimum Gasteiger partial charge on any atom is -0.748 e. The van der Waals surface area contributed by atoms with Crippen LogP contribution in [0, 0.1) is 0 Å². The molecule has 104 valence electrons. The van der Waals surface area contributed by atoms with E-state index in [2.05, 4.69) is 69.6 Å². The van der Waals surface area contributed by atoms with E-state index in [1.807, 2.05) is 0 Å². The van der Waals surface area contributed by atoms with E-state index in [1.54, 1.807) is 0 Å². The Morgan fingerprint density at radius 1 is 1.11 bits per heavy atom. The van der Waals surface area contributed by atoms with Crippen LogP contribution >= 0.6 is 0 Å². The SMILES string of the molecule is CC(CC([c-]1cccc1)[NH+](C)C)[c-]1[cH-][cH-][cH-][cH-]1.[Fe]. The van der Waals surface area contributed by atoms with Gasteiger partial charge in [0.2, 0.25) is 0 Å². The zero-order chi connectivity index (χ0) is 12.3. The molecule has 0 bridgehead atoms. The van der Waals surface area contributed by atoms with Crippen LogP contribution < -0.4 is 4.90 Å². The number of rotatable bonds is 5. The summed E-state index contributed by atoms with van der Waals surface area (Å²) < 4.78 is 0. The average Bonchev–Trinajstić information content (AvgIpc) is 2.97. The van der Waals surface area contributed by atoms with Gasteiger partial charge in [-0.1, -0.05) is 6.92 Å². The maximum atomic E-state index is 2.33. The van der Waals surface area contributed by atoms with Gasteiger partial charge >= 0.3 is 0 Å². The molecule has 0 saturated heterocycles. The Bertz CT molecular complexity index is 414. The van der Waals surface area contributed by atoms with Crippen molar-refractivity contribution in [2.24, 2.45) is 0 Å². The Morgan fingerprint density at radius 2 is 1.67 bits per heavy atom. The van der Waals surface area contributed by atoms with Gasteiger partial charge in [0.05, 0.1) is 20.1 Å². The van der Waals surface area contributed by atoms with Crippen LogP contribution in [-0.2, 0) is 17.1 Å². The molecule has 18 heavy (non-hydrogen) atoms. The van der Waals surface area contributed by atoms with Crippen molar-refractivity contribution < 1.29 is 22.0 Å². The maximum absolute atomic E-state index is 2.33. The molecule has 0 aliphatic carbocycles. The molecule has 2 aromatic rings.